The molecule has 2 aromatic carbocycles. The first-order valence-electron chi connectivity index (χ1n) is 5.87. The zero-order valence-electron chi connectivity index (χ0n) is 10.3. The molecule has 0 spiro atoms. The quantitative estimate of drug-likeness (QED) is 0.647. The van der Waals surface area contributed by atoms with Crippen molar-refractivity contribution < 1.29 is 0 Å². The fraction of sp³-hybridized carbons (Fsp3) is 0.133. The Morgan fingerprint density at radius 3 is 2.67 bits per heavy atom. The monoisotopic (exact) mass is 348 g/mol. The zero-order chi connectivity index (χ0) is 12.7. The summed E-state index contributed by atoms with van der Waals surface area (Å²) >= 11 is 2.34. The second-order valence-electron chi connectivity index (χ2n) is 4.54. The summed E-state index contributed by atoms with van der Waals surface area (Å²) in [7, 11) is 0. The number of aromatic nitrogens is 2. The summed E-state index contributed by atoms with van der Waals surface area (Å²) in [5.74, 6) is 0.948. The topological polar surface area (TPSA) is 28.7 Å². The molecule has 3 rings (SSSR count). The Hall–Kier alpha value is -1.36. The van der Waals surface area contributed by atoms with E-state index < -0.39 is 0 Å². The third-order valence-corrected chi connectivity index (χ3v) is 3.99. The number of aromatic amines is 1. The van der Waals surface area contributed by atoms with Gasteiger partial charge in [0.2, 0.25) is 0 Å². The van der Waals surface area contributed by atoms with Crippen LogP contribution in [-0.4, -0.2) is 9.97 Å². The van der Waals surface area contributed by atoms with E-state index in [0.29, 0.717) is 0 Å². The maximum Gasteiger partial charge on any atom is 0.139 e. The maximum atomic E-state index is 4.72. The van der Waals surface area contributed by atoms with Crippen molar-refractivity contribution in [3.05, 3.63) is 51.1 Å². The summed E-state index contributed by atoms with van der Waals surface area (Å²) in [6.45, 7) is 4.22. The van der Waals surface area contributed by atoms with E-state index in [1.165, 1.54) is 14.7 Å². The van der Waals surface area contributed by atoms with Crippen molar-refractivity contribution in [3.63, 3.8) is 0 Å². The number of fused-ring (bicyclic) bond motifs is 1. The van der Waals surface area contributed by atoms with Crippen molar-refractivity contribution in [3.8, 4) is 11.4 Å². The van der Waals surface area contributed by atoms with Crippen LogP contribution in [0.2, 0.25) is 0 Å². The highest BCUT2D eigenvalue weighted by molar-refractivity contribution is 14.1. The molecule has 18 heavy (non-hydrogen) atoms. The highest BCUT2D eigenvalue weighted by Gasteiger charge is 2.09. The Morgan fingerprint density at radius 2 is 1.89 bits per heavy atom. The minimum Gasteiger partial charge on any atom is -0.338 e. The van der Waals surface area contributed by atoms with E-state index in [1.807, 2.05) is 12.1 Å². The summed E-state index contributed by atoms with van der Waals surface area (Å²) in [6, 6.07) is 12.6. The molecule has 3 heteroatoms. The van der Waals surface area contributed by atoms with Gasteiger partial charge < -0.3 is 4.98 Å². The first-order valence-corrected chi connectivity index (χ1v) is 6.95. The number of benzene rings is 2. The van der Waals surface area contributed by atoms with Crippen molar-refractivity contribution in [1.29, 1.82) is 0 Å². The Morgan fingerprint density at radius 1 is 1.11 bits per heavy atom. The Labute approximate surface area is 120 Å². The van der Waals surface area contributed by atoms with Crippen LogP contribution in [0.5, 0.6) is 0 Å². The van der Waals surface area contributed by atoms with Crippen molar-refractivity contribution in [2.75, 3.05) is 0 Å². The molecule has 0 saturated heterocycles. The van der Waals surface area contributed by atoms with Gasteiger partial charge in [0, 0.05) is 9.13 Å². The van der Waals surface area contributed by atoms with Crippen molar-refractivity contribution >= 4 is 33.6 Å². The zero-order valence-corrected chi connectivity index (χ0v) is 12.4. The minimum atomic E-state index is 0.948. The highest BCUT2D eigenvalue weighted by atomic mass is 127. The SMILES string of the molecule is Cc1cc(C)c2nc(-c3ccccc3I)[nH]c2c1. The predicted molar refractivity (Wildman–Crippen MR) is 83.7 cm³/mol. The van der Waals surface area contributed by atoms with E-state index in [1.54, 1.807) is 0 Å². The lowest BCUT2D eigenvalue weighted by Gasteiger charge is -1.98. The highest BCUT2D eigenvalue weighted by Crippen LogP contribution is 2.26. The van der Waals surface area contributed by atoms with E-state index in [2.05, 4.69) is 65.7 Å². The van der Waals surface area contributed by atoms with Crippen LogP contribution in [0.15, 0.2) is 36.4 Å². The van der Waals surface area contributed by atoms with Crippen molar-refractivity contribution in [2.45, 2.75) is 13.8 Å². The molecule has 0 bridgehead atoms. The number of rotatable bonds is 1. The molecule has 0 atom stereocenters. The summed E-state index contributed by atoms with van der Waals surface area (Å²) < 4.78 is 1.21. The molecule has 1 N–H and O–H groups in total. The summed E-state index contributed by atoms with van der Waals surface area (Å²) in [5, 5.41) is 0. The van der Waals surface area contributed by atoms with E-state index in [0.717, 1.165) is 22.4 Å². The molecule has 1 aromatic heterocycles. The third-order valence-electron chi connectivity index (χ3n) is 3.05. The Kier molecular flexibility index (Phi) is 2.86. The van der Waals surface area contributed by atoms with E-state index in [-0.39, 0.29) is 0 Å². The number of H-pyrrole nitrogens is 1. The maximum absolute atomic E-state index is 4.72. The lowest BCUT2D eigenvalue weighted by molar-refractivity contribution is 1.32. The fourth-order valence-corrected chi connectivity index (χ4v) is 2.89. The molecule has 1 heterocycles. The van der Waals surface area contributed by atoms with Gasteiger partial charge >= 0.3 is 0 Å². The molecule has 0 fully saturated rings. The number of nitrogens with one attached hydrogen (secondary N) is 1. The first-order chi connectivity index (χ1) is 8.65. The van der Waals surface area contributed by atoms with Gasteiger partial charge in [-0.1, -0.05) is 24.3 Å². The van der Waals surface area contributed by atoms with Crippen molar-refractivity contribution in [2.24, 2.45) is 0 Å². The van der Waals surface area contributed by atoms with Crippen LogP contribution in [0.3, 0.4) is 0 Å². The molecule has 0 aliphatic rings. The van der Waals surface area contributed by atoms with Crippen molar-refractivity contribution in [1.82, 2.24) is 9.97 Å². The van der Waals surface area contributed by atoms with Gasteiger partial charge in [0.25, 0.3) is 0 Å². The fourth-order valence-electron chi connectivity index (χ4n) is 2.25. The minimum absolute atomic E-state index is 0.948. The van der Waals surface area contributed by atoms with E-state index in [9.17, 15) is 0 Å². The van der Waals surface area contributed by atoms with Gasteiger partial charge in [-0.15, -0.1) is 0 Å². The van der Waals surface area contributed by atoms with Crippen LogP contribution in [0.1, 0.15) is 11.1 Å². The molecule has 0 aliphatic carbocycles. The molecule has 0 amide bonds. The summed E-state index contributed by atoms with van der Waals surface area (Å²) in [6.07, 6.45) is 0. The van der Waals surface area contributed by atoms with Gasteiger partial charge in [-0.3, -0.25) is 0 Å². The van der Waals surface area contributed by atoms with Gasteiger partial charge in [0.1, 0.15) is 5.82 Å². The molecule has 2 nitrogen and oxygen atoms in total. The standard InChI is InChI=1S/C15H13IN2/c1-9-7-10(2)14-13(8-9)17-15(18-14)11-5-3-4-6-12(11)16/h3-8H,1-2H3,(H,17,18). The number of hydrogen-bond acceptors (Lipinski definition) is 1. The molecule has 0 radical (unpaired) electrons. The average molecular weight is 348 g/mol. The number of nitrogens with zero attached hydrogens (tertiary/aromatic N) is 1. The summed E-state index contributed by atoms with van der Waals surface area (Å²) in [5.41, 5.74) is 5.82. The Bertz CT molecular complexity index is 728. The number of imidazole rings is 1. The number of aryl methyl sites for hydroxylation is 2. The van der Waals surface area contributed by atoms with Gasteiger partial charge in [0.15, 0.2) is 0 Å². The van der Waals surface area contributed by atoms with Gasteiger partial charge in [0.05, 0.1) is 11.0 Å². The average Bonchev–Trinajstić information content (AvgIpc) is 2.73. The number of halogens is 1. The van der Waals surface area contributed by atoms with Crippen LogP contribution in [0, 0.1) is 17.4 Å². The Balaban J connectivity index is 2.26. The summed E-state index contributed by atoms with van der Waals surface area (Å²) in [4.78, 5) is 8.14. The van der Waals surface area contributed by atoms with Crippen LogP contribution >= 0.6 is 22.6 Å². The molecular formula is C15H13IN2. The number of hydrogen-bond donors (Lipinski definition) is 1. The molecular weight excluding hydrogens is 335 g/mol. The van der Waals surface area contributed by atoms with Gasteiger partial charge in [-0.25, -0.2) is 4.98 Å². The van der Waals surface area contributed by atoms with Crippen LogP contribution < -0.4 is 0 Å². The smallest absolute Gasteiger partial charge is 0.139 e. The third kappa shape index (κ3) is 1.92. The van der Waals surface area contributed by atoms with Gasteiger partial charge in [-0.2, -0.15) is 0 Å². The molecule has 0 unspecified atom stereocenters. The molecule has 3 aromatic rings. The van der Waals surface area contributed by atoms with Gasteiger partial charge in [-0.05, 0) is 59.7 Å². The van der Waals surface area contributed by atoms with E-state index >= 15 is 0 Å². The molecule has 0 saturated carbocycles. The predicted octanol–water partition coefficient (Wildman–Crippen LogP) is 4.45. The van der Waals surface area contributed by atoms with Crippen LogP contribution in [-0.2, 0) is 0 Å². The second kappa shape index (κ2) is 4.39. The normalized spacial score (nSPS) is 11.1. The largest absolute Gasteiger partial charge is 0.338 e. The van der Waals surface area contributed by atoms with Crippen LogP contribution in [0.4, 0.5) is 0 Å². The molecule has 90 valence electrons. The molecule has 0 aliphatic heterocycles. The lowest BCUT2D eigenvalue weighted by atomic mass is 10.1. The first kappa shape index (κ1) is 11.7. The van der Waals surface area contributed by atoms with E-state index in [4.69, 9.17) is 4.98 Å². The van der Waals surface area contributed by atoms with Crippen LogP contribution in [0.25, 0.3) is 22.4 Å². The second-order valence-corrected chi connectivity index (χ2v) is 5.71. The lowest BCUT2D eigenvalue weighted by Crippen LogP contribution is -1.83.